The molecule has 2 N–H and O–H groups in total. The number of hydrogen-bond donors (Lipinski definition) is 2. The Morgan fingerprint density at radius 1 is 1.12 bits per heavy atom. The van der Waals surface area contributed by atoms with E-state index >= 15 is 0 Å². The quantitative estimate of drug-likeness (QED) is 0.855. The van der Waals surface area contributed by atoms with Gasteiger partial charge in [0, 0.05) is 43.1 Å². The molecule has 136 valence electrons. The van der Waals surface area contributed by atoms with Crippen LogP contribution in [-0.2, 0) is 9.59 Å². The van der Waals surface area contributed by atoms with E-state index in [1.165, 1.54) is 12.1 Å². The SMILES string of the molecule is O=C(C[C@H]1CCC(=O)N1)NC1CCC(Oc2cc(F)cc(F)c2)CC1. The van der Waals surface area contributed by atoms with Crippen LogP contribution in [0, 0.1) is 11.6 Å². The predicted octanol–water partition coefficient (Wildman–Crippen LogP) is 2.44. The monoisotopic (exact) mass is 352 g/mol. The number of nitrogens with one attached hydrogen (secondary N) is 2. The molecule has 3 rings (SSSR count). The van der Waals surface area contributed by atoms with Crippen molar-refractivity contribution in [2.75, 3.05) is 0 Å². The molecule has 1 aromatic rings. The molecule has 1 aromatic carbocycles. The lowest BCUT2D eigenvalue weighted by Crippen LogP contribution is -2.42. The number of amides is 2. The van der Waals surface area contributed by atoms with Gasteiger partial charge in [-0.1, -0.05) is 0 Å². The Kier molecular flexibility index (Phi) is 5.50. The largest absolute Gasteiger partial charge is 0.490 e. The Hall–Kier alpha value is -2.18. The zero-order chi connectivity index (χ0) is 17.8. The zero-order valence-electron chi connectivity index (χ0n) is 13.9. The molecule has 0 bridgehead atoms. The third-order valence-electron chi connectivity index (χ3n) is 4.69. The molecule has 2 fully saturated rings. The van der Waals surface area contributed by atoms with E-state index in [9.17, 15) is 18.4 Å². The maximum absolute atomic E-state index is 13.2. The van der Waals surface area contributed by atoms with Gasteiger partial charge in [-0.05, 0) is 32.1 Å². The number of hydrogen-bond acceptors (Lipinski definition) is 3. The van der Waals surface area contributed by atoms with Crippen molar-refractivity contribution in [3.63, 3.8) is 0 Å². The van der Waals surface area contributed by atoms with E-state index in [0.717, 1.165) is 18.9 Å². The third kappa shape index (κ3) is 5.14. The molecule has 0 spiro atoms. The second-order valence-corrected chi connectivity index (χ2v) is 6.77. The van der Waals surface area contributed by atoms with Crippen LogP contribution in [-0.4, -0.2) is 30.0 Å². The summed E-state index contributed by atoms with van der Waals surface area (Å²) in [5.41, 5.74) is 0. The summed E-state index contributed by atoms with van der Waals surface area (Å²) in [7, 11) is 0. The summed E-state index contributed by atoms with van der Waals surface area (Å²) < 4.78 is 32.0. The Morgan fingerprint density at radius 2 is 1.80 bits per heavy atom. The van der Waals surface area contributed by atoms with Crippen LogP contribution < -0.4 is 15.4 Å². The van der Waals surface area contributed by atoms with E-state index in [1.54, 1.807) is 0 Å². The first-order valence-corrected chi connectivity index (χ1v) is 8.69. The summed E-state index contributed by atoms with van der Waals surface area (Å²) in [6.45, 7) is 0. The Morgan fingerprint density at radius 3 is 2.40 bits per heavy atom. The molecule has 1 aliphatic carbocycles. The first-order valence-electron chi connectivity index (χ1n) is 8.69. The number of carbonyl (C=O) groups excluding carboxylic acids is 2. The molecule has 1 saturated carbocycles. The smallest absolute Gasteiger partial charge is 0.222 e. The average molecular weight is 352 g/mol. The number of ether oxygens (including phenoxy) is 1. The van der Waals surface area contributed by atoms with Crippen molar-refractivity contribution in [2.45, 2.75) is 63.1 Å². The van der Waals surface area contributed by atoms with E-state index < -0.39 is 11.6 Å². The van der Waals surface area contributed by atoms with Crippen LogP contribution in [0.2, 0.25) is 0 Å². The van der Waals surface area contributed by atoms with Gasteiger partial charge >= 0.3 is 0 Å². The van der Waals surface area contributed by atoms with Crippen molar-refractivity contribution in [1.29, 1.82) is 0 Å². The molecule has 2 amide bonds. The van der Waals surface area contributed by atoms with Crippen LogP contribution in [0.5, 0.6) is 5.75 Å². The molecule has 1 aliphatic heterocycles. The number of halogens is 2. The van der Waals surface area contributed by atoms with Crippen molar-refractivity contribution in [3.8, 4) is 5.75 Å². The molecule has 0 unspecified atom stereocenters. The molecule has 1 saturated heterocycles. The van der Waals surface area contributed by atoms with Crippen molar-refractivity contribution in [3.05, 3.63) is 29.8 Å². The fourth-order valence-electron chi connectivity index (χ4n) is 3.45. The summed E-state index contributed by atoms with van der Waals surface area (Å²) in [5.74, 6) is -1.17. The third-order valence-corrected chi connectivity index (χ3v) is 4.69. The van der Waals surface area contributed by atoms with Gasteiger partial charge in [0.15, 0.2) is 0 Å². The first kappa shape index (κ1) is 17.6. The molecular formula is C18H22F2N2O3. The summed E-state index contributed by atoms with van der Waals surface area (Å²) in [4.78, 5) is 23.2. The van der Waals surface area contributed by atoms with Crippen LogP contribution in [0.3, 0.4) is 0 Å². The van der Waals surface area contributed by atoms with Gasteiger partial charge in [0.2, 0.25) is 11.8 Å². The number of carbonyl (C=O) groups is 2. The van der Waals surface area contributed by atoms with Crippen LogP contribution in [0.1, 0.15) is 44.9 Å². The summed E-state index contributed by atoms with van der Waals surface area (Å²) in [5, 5.41) is 5.78. The summed E-state index contributed by atoms with van der Waals surface area (Å²) in [6.07, 6.45) is 4.33. The van der Waals surface area contributed by atoms with Gasteiger partial charge in [-0.2, -0.15) is 0 Å². The van der Waals surface area contributed by atoms with Gasteiger partial charge in [0.1, 0.15) is 17.4 Å². The molecule has 5 nitrogen and oxygen atoms in total. The van der Waals surface area contributed by atoms with Crippen molar-refractivity contribution in [2.24, 2.45) is 0 Å². The van der Waals surface area contributed by atoms with E-state index in [2.05, 4.69) is 10.6 Å². The van der Waals surface area contributed by atoms with Gasteiger partial charge < -0.3 is 15.4 Å². The molecule has 0 aromatic heterocycles. The highest BCUT2D eigenvalue weighted by molar-refractivity contribution is 5.81. The Bertz CT molecular complexity index is 625. The molecule has 2 aliphatic rings. The fraction of sp³-hybridized carbons (Fsp3) is 0.556. The maximum atomic E-state index is 13.2. The second-order valence-electron chi connectivity index (χ2n) is 6.77. The Labute approximate surface area is 145 Å². The second kappa shape index (κ2) is 7.80. The molecule has 0 radical (unpaired) electrons. The minimum Gasteiger partial charge on any atom is -0.490 e. The van der Waals surface area contributed by atoms with Gasteiger partial charge in [0.25, 0.3) is 0 Å². The minimum absolute atomic E-state index is 0.00393. The van der Waals surface area contributed by atoms with Crippen molar-refractivity contribution >= 4 is 11.8 Å². The number of rotatable bonds is 5. The lowest BCUT2D eigenvalue weighted by Gasteiger charge is -2.29. The number of benzene rings is 1. The lowest BCUT2D eigenvalue weighted by atomic mass is 9.92. The molecule has 1 atom stereocenters. The Balaban J connectivity index is 1.41. The molecule has 1 heterocycles. The topological polar surface area (TPSA) is 67.4 Å². The van der Waals surface area contributed by atoms with E-state index in [1.807, 2.05) is 0 Å². The average Bonchev–Trinajstić information content (AvgIpc) is 2.93. The summed E-state index contributed by atoms with van der Waals surface area (Å²) in [6, 6.07) is 3.18. The van der Waals surface area contributed by atoms with Crippen LogP contribution in [0.15, 0.2) is 18.2 Å². The van der Waals surface area contributed by atoms with E-state index in [0.29, 0.717) is 32.1 Å². The van der Waals surface area contributed by atoms with Gasteiger partial charge in [-0.15, -0.1) is 0 Å². The van der Waals surface area contributed by atoms with Gasteiger partial charge in [-0.3, -0.25) is 9.59 Å². The molecular weight excluding hydrogens is 330 g/mol. The van der Waals surface area contributed by atoms with Crippen LogP contribution in [0.4, 0.5) is 8.78 Å². The standard InChI is InChI=1S/C18H22F2N2O3/c19-11-7-12(20)9-16(8-11)25-15-4-1-13(2-5-15)21-18(24)10-14-3-6-17(23)22-14/h7-9,13-15H,1-6,10H2,(H,21,24)(H,22,23)/t13?,14-,15?/m1/s1. The van der Waals surface area contributed by atoms with Crippen LogP contribution >= 0.6 is 0 Å². The van der Waals surface area contributed by atoms with E-state index in [-0.39, 0.29) is 35.8 Å². The van der Waals surface area contributed by atoms with Crippen molar-refractivity contribution < 1.29 is 23.1 Å². The lowest BCUT2D eigenvalue weighted by molar-refractivity contribution is -0.122. The van der Waals surface area contributed by atoms with Crippen LogP contribution in [0.25, 0.3) is 0 Å². The molecule has 25 heavy (non-hydrogen) atoms. The van der Waals surface area contributed by atoms with Gasteiger partial charge in [-0.25, -0.2) is 8.78 Å². The predicted molar refractivity (Wildman–Crippen MR) is 87.0 cm³/mol. The highest BCUT2D eigenvalue weighted by Gasteiger charge is 2.27. The fourth-order valence-corrected chi connectivity index (χ4v) is 3.45. The normalized spacial score (nSPS) is 26.2. The molecule has 7 heteroatoms. The first-order chi connectivity index (χ1) is 12.0. The highest BCUT2D eigenvalue weighted by Crippen LogP contribution is 2.25. The van der Waals surface area contributed by atoms with Crippen molar-refractivity contribution in [1.82, 2.24) is 10.6 Å². The minimum atomic E-state index is -0.657. The van der Waals surface area contributed by atoms with E-state index in [4.69, 9.17) is 4.74 Å². The summed E-state index contributed by atoms with van der Waals surface area (Å²) >= 11 is 0. The zero-order valence-corrected chi connectivity index (χ0v) is 13.9. The highest BCUT2D eigenvalue weighted by atomic mass is 19.1. The maximum Gasteiger partial charge on any atom is 0.222 e. The van der Waals surface area contributed by atoms with Gasteiger partial charge in [0.05, 0.1) is 6.10 Å².